The lowest BCUT2D eigenvalue weighted by atomic mass is 9.75. The van der Waals surface area contributed by atoms with Gasteiger partial charge in [0.15, 0.2) is 0 Å². The summed E-state index contributed by atoms with van der Waals surface area (Å²) in [7, 11) is 2.41. The van der Waals surface area contributed by atoms with Crippen molar-refractivity contribution < 1.29 is 8.87 Å². The molecule has 4 atom stereocenters. The van der Waals surface area contributed by atoms with Gasteiger partial charge in [0.05, 0.1) is 18.7 Å². The zero-order valence-corrected chi connectivity index (χ0v) is 17.6. The van der Waals surface area contributed by atoms with E-state index < -0.39 is 5.82 Å². The van der Waals surface area contributed by atoms with Gasteiger partial charge in [-0.2, -0.15) is 5.26 Å². The minimum Gasteiger partial charge on any atom is -0.316 e. The lowest BCUT2D eigenvalue weighted by Crippen LogP contribution is -2.49. The fraction of sp³-hybridized carbons (Fsp3) is 0.462. The summed E-state index contributed by atoms with van der Waals surface area (Å²) < 4.78 is 15.5. The molecule has 2 aromatic carbocycles. The first-order valence-corrected chi connectivity index (χ1v) is 11.2. The van der Waals surface area contributed by atoms with Gasteiger partial charge in [-0.3, -0.25) is 4.99 Å². The summed E-state index contributed by atoms with van der Waals surface area (Å²) in [5.74, 6) is 0.117. The Labute approximate surface area is 178 Å². The van der Waals surface area contributed by atoms with Gasteiger partial charge in [0, 0.05) is 24.8 Å². The van der Waals surface area contributed by atoms with Gasteiger partial charge in [-0.25, -0.2) is 4.39 Å². The molecule has 3 aliphatic rings. The van der Waals surface area contributed by atoms with Gasteiger partial charge in [0.25, 0.3) is 0 Å². The predicted octanol–water partition coefficient (Wildman–Crippen LogP) is 5.58. The van der Waals surface area contributed by atoms with Crippen molar-refractivity contribution >= 4 is 6.72 Å². The van der Waals surface area contributed by atoms with Crippen molar-refractivity contribution in [2.45, 2.75) is 69.1 Å². The van der Waals surface area contributed by atoms with Gasteiger partial charge in [-0.1, -0.05) is 30.7 Å². The van der Waals surface area contributed by atoms with Crippen LogP contribution in [0.25, 0.3) is 11.1 Å². The lowest BCUT2D eigenvalue weighted by molar-refractivity contribution is -0.943. The molecule has 1 aliphatic carbocycles. The summed E-state index contributed by atoms with van der Waals surface area (Å²) >= 11 is 0. The molecule has 0 radical (unpaired) electrons. The standard InChI is InChI=1S/C26H29FN3/c1-29-24-14-21-11-12-25(24)30(21,2)16-20-7-4-8-22(26(20)17-5-3-6-17)18-9-10-19(15-28)23(27)13-18/h4,7-10,13,17,21,24-25H,1,3,5-6,11-12,14,16H2,2H3/q+1/t21-,24?,25+,30?/m1/s1. The summed E-state index contributed by atoms with van der Waals surface area (Å²) in [4.78, 5) is 4.45. The third-order valence-corrected chi connectivity index (χ3v) is 8.20. The first kappa shape index (κ1) is 19.5. The van der Waals surface area contributed by atoms with Crippen LogP contribution in [0.3, 0.4) is 0 Å². The normalized spacial score (nSPS) is 30.1. The Morgan fingerprint density at radius 2 is 2.03 bits per heavy atom. The van der Waals surface area contributed by atoms with Crippen LogP contribution in [0, 0.1) is 17.1 Å². The van der Waals surface area contributed by atoms with E-state index in [0.29, 0.717) is 24.0 Å². The molecule has 30 heavy (non-hydrogen) atoms. The maximum Gasteiger partial charge on any atom is 0.141 e. The molecule has 3 fully saturated rings. The average molecular weight is 403 g/mol. The molecule has 2 saturated heterocycles. The number of benzene rings is 2. The van der Waals surface area contributed by atoms with Crippen LogP contribution in [0.5, 0.6) is 0 Å². The second kappa shape index (κ2) is 7.32. The Balaban J connectivity index is 1.57. The SMILES string of the molecule is C=NC1C[C@H]2CC[C@@H]1[N+]2(C)Cc1cccc(-c2ccc(C#N)c(F)c2)c1C1CCC1. The molecule has 1 saturated carbocycles. The molecule has 3 nitrogen and oxygen atoms in total. The number of likely N-dealkylation sites (N-methyl/N-ethyl adjacent to an activating group) is 1. The first-order chi connectivity index (χ1) is 14.5. The molecule has 5 rings (SSSR count). The zero-order chi connectivity index (χ0) is 20.9. The number of aliphatic imine (C=N–C) groups is 1. The van der Waals surface area contributed by atoms with E-state index in [4.69, 9.17) is 5.26 Å². The molecule has 4 heteroatoms. The van der Waals surface area contributed by atoms with Crippen molar-refractivity contribution in [2.24, 2.45) is 4.99 Å². The van der Waals surface area contributed by atoms with E-state index in [-0.39, 0.29) is 5.56 Å². The summed E-state index contributed by atoms with van der Waals surface area (Å²) in [5.41, 5.74) is 4.94. The van der Waals surface area contributed by atoms with Crippen LogP contribution in [-0.2, 0) is 6.54 Å². The van der Waals surface area contributed by atoms with Crippen LogP contribution < -0.4 is 0 Å². The Hall–Kier alpha value is -2.51. The molecule has 2 aromatic rings. The molecular weight excluding hydrogens is 373 g/mol. The Morgan fingerprint density at radius 3 is 2.67 bits per heavy atom. The number of rotatable bonds is 5. The highest BCUT2D eigenvalue weighted by atomic mass is 19.1. The van der Waals surface area contributed by atoms with Crippen molar-refractivity contribution in [1.29, 1.82) is 5.26 Å². The molecule has 154 valence electrons. The molecule has 0 spiro atoms. The third kappa shape index (κ3) is 2.91. The Kier molecular flexibility index (Phi) is 4.75. The monoisotopic (exact) mass is 402 g/mol. The van der Waals surface area contributed by atoms with E-state index in [1.165, 1.54) is 49.3 Å². The van der Waals surface area contributed by atoms with Crippen LogP contribution in [0.15, 0.2) is 41.4 Å². The lowest BCUT2D eigenvalue weighted by Gasteiger charge is -2.38. The van der Waals surface area contributed by atoms with Gasteiger partial charge in [-0.05, 0) is 54.3 Å². The summed E-state index contributed by atoms with van der Waals surface area (Å²) in [5, 5.41) is 9.09. The second-order valence-corrected chi connectivity index (χ2v) is 9.60. The highest BCUT2D eigenvalue weighted by Gasteiger charge is 2.57. The molecule has 2 bridgehead atoms. The van der Waals surface area contributed by atoms with E-state index in [9.17, 15) is 4.39 Å². The molecule has 0 aromatic heterocycles. The van der Waals surface area contributed by atoms with Crippen LogP contribution in [0.1, 0.15) is 61.1 Å². The number of hydrogen-bond donors (Lipinski definition) is 0. The van der Waals surface area contributed by atoms with E-state index >= 15 is 0 Å². The number of nitriles is 1. The topological polar surface area (TPSA) is 36.1 Å². The number of nitrogens with zero attached hydrogens (tertiary/aromatic N) is 3. The van der Waals surface area contributed by atoms with Crippen LogP contribution in [-0.4, -0.2) is 36.4 Å². The summed E-state index contributed by atoms with van der Waals surface area (Å²) in [6.07, 6.45) is 7.35. The maximum atomic E-state index is 14.4. The maximum absolute atomic E-state index is 14.4. The van der Waals surface area contributed by atoms with Gasteiger partial charge < -0.3 is 4.48 Å². The minimum absolute atomic E-state index is 0.106. The Morgan fingerprint density at radius 1 is 1.20 bits per heavy atom. The molecule has 0 N–H and O–H groups in total. The zero-order valence-electron chi connectivity index (χ0n) is 17.6. The van der Waals surface area contributed by atoms with Gasteiger partial charge in [-0.15, -0.1) is 0 Å². The van der Waals surface area contributed by atoms with Crippen LogP contribution >= 0.6 is 0 Å². The van der Waals surface area contributed by atoms with Crippen molar-refractivity contribution in [3.8, 4) is 17.2 Å². The van der Waals surface area contributed by atoms with Crippen LogP contribution in [0.2, 0.25) is 0 Å². The summed E-state index contributed by atoms with van der Waals surface area (Å²) in [6, 6.07) is 15.1. The van der Waals surface area contributed by atoms with Crippen LogP contribution in [0.4, 0.5) is 4.39 Å². The molecule has 0 amide bonds. The first-order valence-electron chi connectivity index (χ1n) is 11.2. The molecular formula is C26H29FN3+. The van der Waals surface area contributed by atoms with E-state index in [1.807, 2.05) is 12.1 Å². The fourth-order valence-electron chi connectivity index (χ4n) is 6.37. The van der Waals surface area contributed by atoms with E-state index in [2.05, 4.69) is 37.0 Å². The summed E-state index contributed by atoms with van der Waals surface area (Å²) in [6.45, 7) is 4.87. The smallest absolute Gasteiger partial charge is 0.141 e. The highest BCUT2D eigenvalue weighted by Crippen LogP contribution is 2.48. The third-order valence-electron chi connectivity index (χ3n) is 8.20. The van der Waals surface area contributed by atoms with Gasteiger partial charge in [0.1, 0.15) is 30.5 Å². The van der Waals surface area contributed by atoms with Crippen molar-refractivity contribution in [2.75, 3.05) is 7.05 Å². The Bertz CT molecular complexity index is 1040. The number of hydrogen-bond acceptors (Lipinski definition) is 2. The number of halogens is 1. The average Bonchev–Trinajstić information content (AvgIpc) is 3.16. The van der Waals surface area contributed by atoms with Crippen molar-refractivity contribution in [3.05, 3.63) is 58.9 Å². The molecule has 2 aliphatic heterocycles. The van der Waals surface area contributed by atoms with Crippen molar-refractivity contribution in [1.82, 2.24) is 0 Å². The second-order valence-electron chi connectivity index (χ2n) is 9.60. The highest BCUT2D eigenvalue weighted by molar-refractivity contribution is 5.70. The van der Waals surface area contributed by atoms with Gasteiger partial charge in [0.2, 0.25) is 0 Å². The molecule has 2 heterocycles. The number of fused-ring (bicyclic) bond motifs is 2. The largest absolute Gasteiger partial charge is 0.316 e. The quantitative estimate of drug-likeness (QED) is 0.475. The van der Waals surface area contributed by atoms with Crippen molar-refractivity contribution in [3.63, 3.8) is 0 Å². The molecule has 2 unspecified atom stereocenters. The minimum atomic E-state index is -0.434. The predicted molar refractivity (Wildman–Crippen MR) is 118 cm³/mol. The number of quaternary nitrogens is 1. The van der Waals surface area contributed by atoms with E-state index in [1.54, 1.807) is 6.07 Å². The van der Waals surface area contributed by atoms with E-state index in [0.717, 1.165) is 28.6 Å². The van der Waals surface area contributed by atoms with Gasteiger partial charge >= 0.3 is 0 Å². The fourth-order valence-corrected chi connectivity index (χ4v) is 6.37.